The van der Waals surface area contributed by atoms with Crippen LogP contribution < -0.4 is 5.32 Å². The van der Waals surface area contributed by atoms with Gasteiger partial charge in [0, 0.05) is 0 Å². The van der Waals surface area contributed by atoms with Crippen molar-refractivity contribution in [3.63, 3.8) is 0 Å². The third-order valence-electron chi connectivity index (χ3n) is 1.95. The van der Waals surface area contributed by atoms with Crippen molar-refractivity contribution in [2.24, 2.45) is 0 Å². The summed E-state index contributed by atoms with van der Waals surface area (Å²) < 4.78 is 1.45. The van der Waals surface area contributed by atoms with Crippen molar-refractivity contribution in [3.8, 4) is 6.07 Å². The van der Waals surface area contributed by atoms with Crippen LogP contribution in [0.2, 0.25) is 0 Å². The van der Waals surface area contributed by atoms with Crippen LogP contribution in [0.25, 0.3) is 0 Å². The Balaban J connectivity index is 2.86. The second kappa shape index (κ2) is 5.40. The Morgan fingerprint density at radius 3 is 2.88 bits per heavy atom. The van der Waals surface area contributed by atoms with Gasteiger partial charge in [-0.25, -0.2) is 0 Å². The van der Waals surface area contributed by atoms with E-state index in [1.807, 2.05) is 0 Å². The Hall–Kier alpha value is -1.95. The summed E-state index contributed by atoms with van der Waals surface area (Å²) in [6, 6.07) is 1.75. The molecule has 0 bridgehead atoms. The Kier molecular flexibility index (Phi) is 4.17. The van der Waals surface area contributed by atoms with E-state index in [0.29, 0.717) is 5.69 Å². The van der Waals surface area contributed by atoms with E-state index in [9.17, 15) is 14.9 Å². The minimum absolute atomic E-state index is 0.109. The van der Waals surface area contributed by atoms with Gasteiger partial charge in [-0.15, -0.1) is 0 Å². The lowest BCUT2D eigenvalue weighted by atomic mass is 10.4. The zero-order valence-corrected chi connectivity index (χ0v) is 10.4. The maximum atomic E-state index is 11.3. The van der Waals surface area contributed by atoms with E-state index in [0.717, 1.165) is 0 Å². The van der Waals surface area contributed by atoms with Crippen molar-refractivity contribution < 1.29 is 9.72 Å². The average molecular weight is 302 g/mol. The molecule has 0 fully saturated rings. The average Bonchev–Trinajstić information content (AvgIpc) is 2.55. The molecular weight excluding hydrogens is 294 g/mol. The molecule has 9 heteroatoms. The Morgan fingerprint density at radius 2 is 2.41 bits per heavy atom. The lowest BCUT2D eigenvalue weighted by Crippen LogP contribution is -2.28. The summed E-state index contributed by atoms with van der Waals surface area (Å²) in [7, 11) is 0. The van der Waals surface area contributed by atoms with Gasteiger partial charge in [-0.3, -0.25) is 4.79 Å². The second-order valence-electron chi connectivity index (χ2n) is 3.07. The van der Waals surface area contributed by atoms with Gasteiger partial charge in [0.15, 0.2) is 0 Å². The molecule has 0 radical (unpaired) electrons. The third-order valence-corrected chi connectivity index (χ3v) is 2.88. The molecule has 1 aromatic heterocycles. The number of aromatic nitrogens is 2. The van der Waals surface area contributed by atoms with Crippen LogP contribution in [-0.2, 0) is 11.3 Å². The number of carbonyl (C=O) groups is 1. The fourth-order valence-electron chi connectivity index (χ4n) is 1.11. The summed E-state index contributed by atoms with van der Waals surface area (Å²) in [5.41, 5.74) is 0.476. The number of hydrogen-bond donors (Lipinski definition) is 1. The molecule has 0 unspecified atom stereocenters. The molecule has 17 heavy (non-hydrogen) atoms. The number of halogens is 1. The number of hydrogen-bond acceptors (Lipinski definition) is 5. The van der Waals surface area contributed by atoms with Gasteiger partial charge in [0.25, 0.3) is 0 Å². The number of nitriles is 1. The highest BCUT2D eigenvalue weighted by atomic mass is 79.9. The number of nitrogens with zero attached hydrogens (tertiary/aromatic N) is 4. The molecule has 90 valence electrons. The van der Waals surface area contributed by atoms with E-state index in [2.05, 4.69) is 26.3 Å². The van der Waals surface area contributed by atoms with Crippen molar-refractivity contribution >= 4 is 27.7 Å². The van der Waals surface area contributed by atoms with Crippen LogP contribution in [0.1, 0.15) is 5.69 Å². The molecule has 1 heterocycles. The zero-order valence-electron chi connectivity index (χ0n) is 8.81. The normalized spacial score (nSPS) is 9.71. The van der Waals surface area contributed by atoms with E-state index in [4.69, 9.17) is 5.26 Å². The Bertz CT molecular complexity index is 504. The second-order valence-corrected chi connectivity index (χ2v) is 3.87. The van der Waals surface area contributed by atoms with E-state index in [-0.39, 0.29) is 23.4 Å². The fourth-order valence-corrected chi connectivity index (χ4v) is 1.54. The monoisotopic (exact) mass is 301 g/mol. The number of carbonyl (C=O) groups excluding carboxylic acids is 1. The zero-order chi connectivity index (χ0) is 13.0. The van der Waals surface area contributed by atoms with E-state index in [1.54, 1.807) is 13.0 Å². The predicted octanol–water partition coefficient (Wildman–Crippen LogP) is 0.502. The van der Waals surface area contributed by atoms with Crippen molar-refractivity contribution in [3.05, 3.63) is 20.3 Å². The van der Waals surface area contributed by atoms with Gasteiger partial charge in [0.1, 0.15) is 17.6 Å². The molecule has 8 nitrogen and oxygen atoms in total. The minimum Gasteiger partial charge on any atom is -0.358 e. The molecule has 0 aromatic carbocycles. The topological polar surface area (TPSA) is 114 Å². The first-order valence-corrected chi connectivity index (χ1v) is 5.27. The molecular formula is C8H8BrN5O3. The van der Waals surface area contributed by atoms with Gasteiger partial charge in [-0.2, -0.15) is 9.94 Å². The molecule has 1 aromatic rings. The minimum atomic E-state index is -0.638. The molecule has 0 atom stereocenters. The first kappa shape index (κ1) is 13.1. The smallest absolute Gasteiger partial charge is 0.358 e. The maximum absolute atomic E-state index is 11.3. The summed E-state index contributed by atoms with van der Waals surface area (Å²) in [4.78, 5) is 21.3. The van der Waals surface area contributed by atoms with Crippen LogP contribution in [0.5, 0.6) is 0 Å². The third kappa shape index (κ3) is 3.01. The number of nitrogens with one attached hydrogen (secondary N) is 1. The van der Waals surface area contributed by atoms with Gasteiger partial charge in [-0.05, 0) is 27.8 Å². The van der Waals surface area contributed by atoms with Crippen LogP contribution in [0.3, 0.4) is 0 Å². The highest BCUT2D eigenvalue weighted by molar-refractivity contribution is 9.10. The van der Waals surface area contributed by atoms with E-state index in [1.165, 1.54) is 4.68 Å². The largest absolute Gasteiger partial charge is 0.404 e. The number of rotatable bonds is 4. The van der Waals surface area contributed by atoms with Crippen LogP contribution in [0.4, 0.5) is 5.82 Å². The summed E-state index contributed by atoms with van der Waals surface area (Å²) in [5, 5.41) is 24.9. The van der Waals surface area contributed by atoms with Crippen LogP contribution in [-0.4, -0.2) is 27.2 Å². The standard InChI is InChI=1S/C8H8BrN5O3/c1-5-7(9)8(14(16)17)12-13(5)4-6(15)11-3-2-10/h3-4H2,1H3,(H,11,15). The van der Waals surface area contributed by atoms with Crippen molar-refractivity contribution in [1.82, 2.24) is 15.1 Å². The SMILES string of the molecule is Cc1c(Br)c([N+](=O)[O-])nn1CC(=O)NCC#N. The highest BCUT2D eigenvalue weighted by Crippen LogP contribution is 2.26. The highest BCUT2D eigenvalue weighted by Gasteiger charge is 2.24. The van der Waals surface area contributed by atoms with Gasteiger partial charge in [0.05, 0.1) is 16.9 Å². The first-order chi connectivity index (χ1) is 7.97. The van der Waals surface area contributed by atoms with Crippen LogP contribution in [0.15, 0.2) is 4.47 Å². The Labute approximate surface area is 104 Å². The lowest BCUT2D eigenvalue weighted by molar-refractivity contribution is -0.390. The number of nitro groups is 1. The van der Waals surface area contributed by atoms with Gasteiger partial charge in [-0.1, -0.05) is 0 Å². The van der Waals surface area contributed by atoms with Crippen molar-refractivity contribution in [1.29, 1.82) is 5.26 Å². The summed E-state index contributed by atoms with van der Waals surface area (Å²) in [6.45, 7) is 1.32. The molecule has 1 rings (SSSR count). The summed E-state index contributed by atoms with van der Waals surface area (Å²) >= 11 is 3.04. The van der Waals surface area contributed by atoms with E-state index >= 15 is 0 Å². The summed E-state index contributed by atoms with van der Waals surface area (Å²) in [5.74, 6) is -0.768. The van der Waals surface area contributed by atoms with Crippen LogP contribution >= 0.6 is 15.9 Å². The molecule has 0 spiro atoms. The first-order valence-electron chi connectivity index (χ1n) is 4.48. The Morgan fingerprint density at radius 1 is 1.76 bits per heavy atom. The molecule has 0 aliphatic carbocycles. The van der Waals surface area contributed by atoms with E-state index < -0.39 is 10.8 Å². The molecule has 1 N–H and O–H groups in total. The van der Waals surface area contributed by atoms with Gasteiger partial charge in [0.2, 0.25) is 5.91 Å². The summed E-state index contributed by atoms with van der Waals surface area (Å²) in [6.07, 6.45) is 0. The maximum Gasteiger partial charge on any atom is 0.404 e. The lowest BCUT2D eigenvalue weighted by Gasteiger charge is -1.99. The van der Waals surface area contributed by atoms with Gasteiger partial charge < -0.3 is 15.4 Å². The molecule has 0 aliphatic heterocycles. The fraction of sp³-hybridized carbons (Fsp3) is 0.375. The molecule has 0 aliphatic rings. The van der Waals surface area contributed by atoms with Crippen molar-refractivity contribution in [2.75, 3.05) is 6.54 Å². The van der Waals surface area contributed by atoms with Crippen LogP contribution in [0, 0.1) is 28.4 Å². The molecule has 0 saturated carbocycles. The number of amides is 1. The molecule has 0 saturated heterocycles. The van der Waals surface area contributed by atoms with Crippen molar-refractivity contribution in [2.45, 2.75) is 13.5 Å². The molecule has 1 amide bonds. The predicted molar refractivity (Wildman–Crippen MR) is 59.9 cm³/mol. The van der Waals surface area contributed by atoms with Gasteiger partial charge >= 0.3 is 5.82 Å². The quantitative estimate of drug-likeness (QED) is 0.494.